The van der Waals surface area contributed by atoms with Gasteiger partial charge in [-0.25, -0.2) is 4.98 Å². The molecule has 0 radical (unpaired) electrons. The molecule has 3 aliphatic rings. The Hall–Kier alpha value is -5.42. The number of thiophene rings is 2. The first kappa shape index (κ1) is 36.6. The first-order valence-electron chi connectivity index (χ1n) is 21.6. The van der Waals surface area contributed by atoms with E-state index in [2.05, 4.69) is 153 Å². The van der Waals surface area contributed by atoms with E-state index in [-0.39, 0.29) is 0 Å². The summed E-state index contributed by atoms with van der Waals surface area (Å²) in [6.07, 6.45) is 18.2. The van der Waals surface area contributed by atoms with Crippen LogP contribution < -0.4 is 0 Å². The van der Waals surface area contributed by atoms with Crippen LogP contribution >= 0.6 is 22.7 Å². The largest absolute Gasteiger partial charge is 0.258 e. The highest BCUT2D eigenvalue weighted by atomic mass is 32.1. The van der Waals surface area contributed by atoms with Gasteiger partial charge in [0.15, 0.2) is 0 Å². The van der Waals surface area contributed by atoms with Gasteiger partial charge < -0.3 is 0 Å². The summed E-state index contributed by atoms with van der Waals surface area (Å²) in [6.45, 7) is 4.72. The van der Waals surface area contributed by atoms with E-state index in [0.717, 1.165) is 56.2 Å². The van der Waals surface area contributed by atoms with Crippen LogP contribution in [0.25, 0.3) is 67.9 Å². The number of pyridine rings is 1. The normalized spacial score (nSPS) is 21.4. The highest BCUT2D eigenvalue weighted by Gasteiger charge is 2.28. The Morgan fingerprint density at radius 2 is 1.39 bits per heavy atom. The minimum Gasteiger partial charge on any atom is -0.258 e. The lowest BCUT2D eigenvalue weighted by Gasteiger charge is -2.28. The van der Waals surface area contributed by atoms with Crippen molar-refractivity contribution in [3.05, 3.63) is 168 Å². The van der Waals surface area contributed by atoms with Gasteiger partial charge in [0, 0.05) is 68.6 Å². The number of aliphatic imine (C=N–C) groups is 1. The van der Waals surface area contributed by atoms with Gasteiger partial charge in [0.05, 0.1) is 11.2 Å². The SMILES string of the molecule is CC1=CC=C(C2=N/C(C3CCC=C(c4nc5cccc(-c6cccc7c6sc6ccccc67)c5c5sc6ccccc6c45)C3)=C/C[C@@H](C)C(c3ccccc3)CCC2)C1. The molecule has 0 saturated carbocycles. The van der Waals surface area contributed by atoms with E-state index in [4.69, 9.17) is 9.98 Å². The fourth-order valence-electron chi connectivity index (χ4n) is 10.3. The average molecular weight is 801 g/mol. The molecule has 59 heavy (non-hydrogen) atoms. The summed E-state index contributed by atoms with van der Waals surface area (Å²) in [6, 6.07) is 42.7. The quantitative estimate of drug-likeness (QED) is 0.170. The highest BCUT2D eigenvalue weighted by molar-refractivity contribution is 7.27. The monoisotopic (exact) mass is 800 g/mol. The molecule has 1 aliphatic heterocycles. The molecule has 0 bridgehead atoms. The maximum atomic E-state index is 5.71. The van der Waals surface area contributed by atoms with Crippen LogP contribution in [0.4, 0.5) is 0 Å². The fourth-order valence-corrected chi connectivity index (χ4v) is 12.8. The van der Waals surface area contributed by atoms with Crippen LogP contribution in [0.1, 0.15) is 82.4 Å². The zero-order valence-corrected chi connectivity index (χ0v) is 35.5. The molecular formula is C55H48N2S2. The molecule has 3 aromatic heterocycles. The van der Waals surface area contributed by atoms with Gasteiger partial charge in [-0.3, -0.25) is 4.99 Å². The van der Waals surface area contributed by atoms with E-state index in [0.29, 0.717) is 17.8 Å². The van der Waals surface area contributed by atoms with Crippen LogP contribution in [-0.4, -0.2) is 10.7 Å². The van der Waals surface area contributed by atoms with Crippen LogP contribution in [0.2, 0.25) is 0 Å². The first-order chi connectivity index (χ1) is 29.1. The average Bonchev–Trinajstić information content (AvgIpc) is 4.01. The third kappa shape index (κ3) is 6.62. The maximum absolute atomic E-state index is 5.71. The standard InChI is InChI=1S/C55H48N2S2/c1-34-28-30-38(32-34)46-24-12-20-40(36-14-4-3-5-15-36)35(2)29-31-47(56-46)37-16-10-17-39(33-37)53-52-45-19-7-9-27-50(45)59-55(52)51-42(21-13-25-48(51)57-53)44-23-11-22-43-41-18-6-8-26-49(41)58-54(43)44/h3-9,11,13-15,17-19,21-23,25-28,30-31,35,37,40H,10,12,16,20,24,29,32-33H2,1-2H3/b47-31+,56-46?/t35-,37?,40?/m1/s1. The summed E-state index contributed by atoms with van der Waals surface area (Å²) in [5, 5.41) is 6.55. The molecule has 0 N–H and O–H groups in total. The maximum Gasteiger partial charge on any atom is 0.0759 e. The second-order valence-electron chi connectivity index (χ2n) is 17.1. The van der Waals surface area contributed by atoms with E-state index >= 15 is 0 Å². The summed E-state index contributed by atoms with van der Waals surface area (Å²) in [5.41, 5.74) is 13.1. The highest BCUT2D eigenvalue weighted by Crippen LogP contribution is 2.49. The van der Waals surface area contributed by atoms with E-state index in [1.807, 2.05) is 22.7 Å². The molecule has 2 aliphatic carbocycles. The van der Waals surface area contributed by atoms with Crippen molar-refractivity contribution >= 4 is 85.2 Å². The summed E-state index contributed by atoms with van der Waals surface area (Å²) in [5.74, 6) is 1.44. The Bertz CT molecular complexity index is 3100. The Balaban J connectivity index is 1.03. The topological polar surface area (TPSA) is 25.2 Å². The van der Waals surface area contributed by atoms with E-state index in [1.165, 1.54) is 97.0 Å². The summed E-state index contributed by atoms with van der Waals surface area (Å²) >= 11 is 3.84. The van der Waals surface area contributed by atoms with Crippen molar-refractivity contribution in [2.24, 2.45) is 16.8 Å². The smallest absolute Gasteiger partial charge is 0.0759 e. The van der Waals surface area contributed by atoms with Crippen LogP contribution in [0.3, 0.4) is 0 Å². The zero-order valence-electron chi connectivity index (χ0n) is 33.9. The Kier molecular flexibility index (Phi) is 9.51. The molecule has 290 valence electrons. The van der Waals surface area contributed by atoms with Crippen molar-refractivity contribution in [1.29, 1.82) is 0 Å². The van der Waals surface area contributed by atoms with E-state index in [1.54, 1.807) is 0 Å². The number of allylic oxidation sites excluding steroid dienone is 8. The number of hydrogen-bond acceptors (Lipinski definition) is 4. The number of fused-ring (bicyclic) bond motifs is 8. The Morgan fingerprint density at radius 1 is 0.644 bits per heavy atom. The lowest BCUT2D eigenvalue weighted by Crippen LogP contribution is -2.16. The lowest BCUT2D eigenvalue weighted by molar-refractivity contribution is 0.425. The third-order valence-electron chi connectivity index (χ3n) is 13.3. The number of nitrogens with zero attached hydrogens (tertiary/aromatic N) is 2. The van der Waals surface area contributed by atoms with Gasteiger partial charge in [0.25, 0.3) is 0 Å². The molecule has 4 heterocycles. The lowest BCUT2D eigenvalue weighted by atomic mass is 9.79. The summed E-state index contributed by atoms with van der Waals surface area (Å²) in [7, 11) is 0. The molecule has 0 fully saturated rings. The molecule has 4 heteroatoms. The van der Waals surface area contributed by atoms with Gasteiger partial charge in [0.2, 0.25) is 0 Å². The van der Waals surface area contributed by atoms with Crippen LogP contribution in [0.15, 0.2) is 161 Å². The molecule has 2 unspecified atom stereocenters. The molecule has 2 nitrogen and oxygen atoms in total. The van der Waals surface area contributed by atoms with E-state index < -0.39 is 0 Å². The predicted octanol–water partition coefficient (Wildman–Crippen LogP) is 16.4. The van der Waals surface area contributed by atoms with Gasteiger partial charge in [-0.2, -0.15) is 0 Å². The molecular weight excluding hydrogens is 753 g/mol. The van der Waals surface area contributed by atoms with E-state index in [9.17, 15) is 0 Å². The van der Waals surface area contributed by atoms with Crippen molar-refractivity contribution < 1.29 is 0 Å². The number of benzene rings is 5. The van der Waals surface area contributed by atoms with Gasteiger partial charge in [-0.15, -0.1) is 22.7 Å². The van der Waals surface area contributed by atoms with Crippen molar-refractivity contribution in [3.63, 3.8) is 0 Å². The zero-order chi connectivity index (χ0) is 39.5. The van der Waals surface area contributed by atoms with Crippen LogP contribution in [0, 0.1) is 11.8 Å². The predicted molar refractivity (Wildman–Crippen MR) is 257 cm³/mol. The minimum absolute atomic E-state index is 0.345. The Labute approximate surface area is 355 Å². The summed E-state index contributed by atoms with van der Waals surface area (Å²) < 4.78 is 5.35. The van der Waals surface area contributed by atoms with Gasteiger partial charge in [0.1, 0.15) is 0 Å². The second kappa shape index (κ2) is 15.3. The molecule has 3 atom stereocenters. The second-order valence-corrected chi connectivity index (χ2v) is 19.2. The van der Waals surface area contributed by atoms with Crippen molar-refractivity contribution in [1.82, 2.24) is 4.98 Å². The number of aromatic nitrogens is 1. The van der Waals surface area contributed by atoms with Gasteiger partial charge in [-0.05, 0) is 111 Å². The number of rotatable bonds is 5. The molecule has 0 amide bonds. The van der Waals surface area contributed by atoms with Crippen molar-refractivity contribution in [2.45, 2.75) is 71.1 Å². The molecule has 8 aromatic rings. The molecule has 11 rings (SSSR count). The summed E-state index contributed by atoms with van der Waals surface area (Å²) in [4.78, 5) is 11.4. The van der Waals surface area contributed by atoms with Crippen molar-refractivity contribution in [3.8, 4) is 11.1 Å². The fraction of sp³-hybridized carbons (Fsp3) is 0.236. The van der Waals surface area contributed by atoms with Gasteiger partial charge >= 0.3 is 0 Å². The minimum atomic E-state index is 0.345. The number of hydrogen-bond donors (Lipinski definition) is 0. The first-order valence-corrected chi connectivity index (χ1v) is 23.2. The third-order valence-corrected chi connectivity index (χ3v) is 15.7. The molecule has 0 spiro atoms. The molecule has 0 saturated heterocycles. The van der Waals surface area contributed by atoms with Crippen LogP contribution in [-0.2, 0) is 0 Å². The van der Waals surface area contributed by atoms with Gasteiger partial charge in [-0.1, -0.05) is 134 Å². The Morgan fingerprint density at radius 3 is 2.24 bits per heavy atom. The molecule has 5 aromatic carbocycles. The van der Waals surface area contributed by atoms with Crippen molar-refractivity contribution in [2.75, 3.05) is 0 Å². The van der Waals surface area contributed by atoms with Crippen LogP contribution in [0.5, 0.6) is 0 Å².